The SMILES string of the molecule is COC(=O)N[C@H](C)C(=O)NCCn1nc(C(F)(F)F)cc1C. The normalized spacial score (nSPS) is 12.6. The molecule has 0 radical (unpaired) electrons. The zero-order chi connectivity index (χ0) is 16.9. The number of alkyl halides is 3. The summed E-state index contributed by atoms with van der Waals surface area (Å²) in [5.41, 5.74) is -0.639. The smallest absolute Gasteiger partial charge is 0.435 e. The lowest BCUT2D eigenvalue weighted by molar-refractivity contribution is -0.141. The van der Waals surface area contributed by atoms with Crippen LogP contribution in [-0.2, 0) is 22.3 Å². The van der Waals surface area contributed by atoms with Crippen LogP contribution >= 0.6 is 0 Å². The molecule has 0 aliphatic carbocycles. The van der Waals surface area contributed by atoms with Crippen LogP contribution in [0.1, 0.15) is 18.3 Å². The number of aromatic nitrogens is 2. The number of carbonyl (C=O) groups excluding carboxylic acids is 2. The fraction of sp³-hybridized carbons (Fsp3) is 0.583. The average molecular weight is 322 g/mol. The maximum atomic E-state index is 12.5. The van der Waals surface area contributed by atoms with E-state index in [1.165, 1.54) is 21.0 Å². The third-order valence-electron chi connectivity index (χ3n) is 2.81. The van der Waals surface area contributed by atoms with Crippen LogP contribution in [0.25, 0.3) is 0 Å². The number of hydrogen-bond donors (Lipinski definition) is 2. The summed E-state index contributed by atoms with van der Waals surface area (Å²) in [6.07, 6.45) is -5.25. The topological polar surface area (TPSA) is 85.2 Å². The molecule has 1 heterocycles. The van der Waals surface area contributed by atoms with E-state index in [4.69, 9.17) is 0 Å². The van der Waals surface area contributed by atoms with E-state index in [1.807, 2.05) is 0 Å². The second-order valence-electron chi connectivity index (χ2n) is 4.54. The number of amides is 2. The minimum absolute atomic E-state index is 0.0752. The Hall–Kier alpha value is -2.26. The first-order valence-electron chi connectivity index (χ1n) is 6.39. The van der Waals surface area contributed by atoms with Gasteiger partial charge in [-0.2, -0.15) is 18.3 Å². The highest BCUT2D eigenvalue weighted by molar-refractivity contribution is 5.85. The molecule has 0 fully saturated rings. The van der Waals surface area contributed by atoms with Crippen LogP contribution in [0.4, 0.5) is 18.0 Å². The maximum Gasteiger partial charge on any atom is 0.435 e. The molecule has 0 saturated heterocycles. The van der Waals surface area contributed by atoms with Crippen molar-refractivity contribution in [3.8, 4) is 0 Å². The highest BCUT2D eigenvalue weighted by Crippen LogP contribution is 2.28. The summed E-state index contributed by atoms with van der Waals surface area (Å²) in [6.45, 7) is 3.10. The van der Waals surface area contributed by atoms with Gasteiger partial charge in [0.2, 0.25) is 5.91 Å². The largest absolute Gasteiger partial charge is 0.453 e. The number of methoxy groups -OCH3 is 1. The van der Waals surface area contributed by atoms with Gasteiger partial charge in [0.1, 0.15) is 6.04 Å². The van der Waals surface area contributed by atoms with E-state index < -0.39 is 29.9 Å². The molecule has 22 heavy (non-hydrogen) atoms. The van der Waals surface area contributed by atoms with Crippen molar-refractivity contribution in [3.63, 3.8) is 0 Å². The Kier molecular flexibility index (Phi) is 5.77. The van der Waals surface area contributed by atoms with Crippen molar-refractivity contribution in [3.05, 3.63) is 17.5 Å². The van der Waals surface area contributed by atoms with Crippen molar-refractivity contribution >= 4 is 12.0 Å². The van der Waals surface area contributed by atoms with Crippen LogP contribution in [-0.4, -0.2) is 41.5 Å². The van der Waals surface area contributed by atoms with Gasteiger partial charge in [-0.05, 0) is 19.9 Å². The second-order valence-corrected chi connectivity index (χ2v) is 4.54. The van der Waals surface area contributed by atoms with Crippen LogP contribution < -0.4 is 10.6 Å². The van der Waals surface area contributed by atoms with Gasteiger partial charge in [0.15, 0.2) is 5.69 Å². The number of carbonyl (C=O) groups is 2. The van der Waals surface area contributed by atoms with Gasteiger partial charge in [0.05, 0.1) is 13.7 Å². The summed E-state index contributed by atoms with van der Waals surface area (Å²) >= 11 is 0. The van der Waals surface area contributed by atoms with Crippen LogP contribution in [0, 0.1) is 6.92 Å². The first-order valence-corrected chi connectivity index (χ1v) is 6.39. The van der Waals surface area contributed by atoms with E-state index >= 15 is 0 Å². The molecule has 0 spiro atoms. The van der Waals surface area contributed by atoms with E-state index in [1.54, 1.807) is 0 Å². The molecule has 0 saturated carbocycles. The Morgan fingerprint density at radius 1 is 1.45 bits per heavy atom. The predicted octanol–water partition coefficient (Wildman–Crippen LogP) is 1.07. The molecule has 0 aliphatic rings. The number of rotatable bonds is 5. The van der Waals surface area contributed by atoms with Crippen molar-refractivity contribution < 1.29 is 27.5 Å². The maximum absolute atomic E-state index is 12.5. The molecule has 1 aromatic rings. The van der Waals surface area contributed by atoms with Gasteiger partial charge in [-0.1, -0.05) is 0 Å². The van der Waals surface area contributed by atoms with Gasteiger partial charge in [-0.15, -0.1) is 0 Å². The van der Waals surface area contributed by atoms with E-state index in [-0.39, 0.29) is 13.1 Å². The van der Waals surface area contributed by atoms with E-state index in [9.17, 15) is 22.8 Å². The number of nitrogens with one attached hydrogen (secondary N) is 2. The number of hydrogen-bond acceptors (Lipinski definition) is 4. The first kappa shape index (κ1) is 17.8. The summed E-state index contributed by atoms with van der Waals surface area (Å²) in [5, 5.41) is 8.19. The van der Waals surface area contributed by atoms with E-state index in [0.29, 0.717) is 5.69 Å². The van der Waals surface area contributed by atoms with E-state index in [2.05, 4.69) is 20.5 Å². The summed E-state index contributed by atoms with van der Waals surface area (Å²) in [4.78, 5) is 22.6. The molecule has 0 bridgehead atoms. The van der Waals surface area contributed by atoms with Crippen LogP contribution in [0.15, 0.2) is 6.07 Å². The highest BCUT2D eigenvalue weighted by atomic mass is 19.4. The lowest BCUT2D eigenvalue weighted by Gasteiger charge is -2.13. The Morgan fingerprint density at radius 3 is 2.59 bits per heavy atom. The van der Waals surface area contributed by atoms with Gasteiger partial charge in [0.25, 0.3) is 0 Å². The lowest BCUT2D eigenvalue weighted by atomic mass is 10.3. The Balaban J connectivity index is 2.49. The van der Waals surface area contributed by atoms with Gasteiger partial charge in [0, 0.05) is 12.2 Å². The predicted molar refractivity (Wildman–Crippen MR) is 70.0 cm³/mol. The molecule has 1 atom stereocenters. The summed E-state index contributed by atoms with van der Waals surface area (Å²) in [7, 11) is 1.17. The number of aryl methyl sites for hydroxylation is 1. The molecular weight excluding hydrogens is 305 g/mol. The van der Waals surface area contributed by atoms with Crippen LogP contribution in [0.2, 0.25) is 0 Å². The number of nitrogens with zero attached hydrogens (tertiary/aromatic N) is 2. The Morgan fingerprint density at radius 2 is 2.09 bits per heavy atom. The number of alkyl carbamates (subject to hydrolysis) is 1. The van der Waals surface area contributed by atoms with Crippen molar-refractivity contribution in [2.24, 2.45) is 0 Å². The standard InChI is InChI=1S/C12H17F3N4O3/c1-7-6-9(12(13,14)15)18-19(7)5-4-16-10(20)8(2)17-11(21)22-3/h6,8H,4-5H2,1-3H3,(H,16,20)(H,17,21)/t8-/m1/s1. The molecular formula is C12H17F3N4O3. The zero-order valence-electron chi connectivity index (χ0n) is 12.3. The minimum Gasteiger partial charge on any atom is -0.453 e. The third kappa shape index (κ3) is 4.93. The van der Waals surface area contributed by atoms with E-state index in [0.717, 1.165) is 10.7 Å². The molecule has 2 N–H and O–H groups in total. The fourth-order valence-electron chi connectivity index (χ4n) is 1.61. The Labute approximate surface area is 124 Å². The molecule has 124 valence electrons. The molecule has 7 nitrogen and oxygen atoms in total. The van der Waals surface area contributed by atoms with Crippen molar-refractivity contribution in [2.75, 3.05) is 13.7 Å². The monoisotopic (exact) mass is 322 g/mol. The minimum atomic E-state index is -4.50. The molecule has 0 aliphatic heterocycles. The number of ether oxygens (including phenoxy) is 1. The van der Waals surface area contributed by atoms with Crippen molar-refractivity contribution in [2.45, 2.75) is 32.6 Å². The van der Waals surface area contributed by atoms with Gasteiger partial charge >= 0.3 is 12.3 Å². The summed E-state index contributed by atoms with van der Waals surface area (Å²) in [5.74, 6) is -0.480. The molecule has 10 heteroatoms. The quantitative estimate of drug-likeness (QED) is 0.849. The van der Waals surface area contributed by atoms with Crippen molar-refractivity contribution in [1.82, 2.24) is 20.4 Å². The van der Waals surface area contributed by atoms with Crippen LogP contribution in [0.5, 0.6) is 0 Å². The highest BCUT2D eigenvalue weighted by Gasteiger charge is 2.34. The van der Waals surface area contributed by atoms with Gasteiger partial charge in [-0.25, -0.2) is 4.79 Å². The molecule has 0 unspecified atom stereocenters. The first-order chi connectivity index (χ1) is 10.1. The fourth-order valence-corrected chi connectivity index (χ4v) is 1.61. The molecule has 0 aromatic carbocycles. The lowest BCUT2D eigenvalue weighted by Crippen LogP contribution is -2.45. The third-order valence-corrected chi connectivity index (χ3v) is 2.81. The second kappa shape index (κ2) is 7.14. The van der Waals surface area contributed by atoms with Crippen molar-refractivity contribution in [1.29, 1.82) is 0 Å². The number of halogens is 3. The molecule has 2 amide bonds. The van der Waals surface area contributed by atoms with Gasteiger partial charge in [-0.3, -0.25) is 9.48 Å². The van der Waals surface area contributed by atoms with Crippen LogP contribution in [0.3, 0.4) is 0 Å². The zero-order valence-corrected chi connectivity index (χ0v) is 12.3. The Bertz CT molecular complexity index is 542. The molecule has 1 rings (SSSR count). The average Bonchev–Trinajstić information content (AvgIpc) is 2.80. The van der Waals surface area contributed by atoms with Gasteiger partial charge < -0.3 is 15.4 Å². The summed E-state index contributed by atoms with van der Waals surface area (Å²) < 4.78 is 43.0. The molecule has 1 aromatic heterocycles. The summed E-state index contributed by atoms with van der Waals surface area (Å²) in [6, 6.07) is 0.111.